The summed E-state index contributed by atoms with van der Waals surface area (Å²) in [4.78, 5) is 49.2. The number of nitrogens with zero attached hydrogens (tertiary/aromatic N) is 7. The molecule has 1 amide bonds. The summed E-state index contributed by atoms with van der Waals surface area (Å²) in [6.45, 7) is 11.2. The van der Waals surface area contributed by atoms with Gasteiger partial charge in [0.15, 0.2) is 11.4 Å². The lowest BCUT2D eigenvalue weighted by Gasteiger charge is -2.58. The van der Waals surface area contributed by atoms with Gasteiger partial charge in [-0.1, -0.05) is 18.2 Å². The zero-order chi connectivity index (χ0) is 56.6. The molecule has 0 unspecified atom stereocenters. The number of anilines is 4. The number of benzene rings is 3. The van der Waals surface area contributed by atoms with Gasteiger partial charge in [0, 0.05) is 106 Å². The SMILES string of the molecule is CC(C)Oc1ccccc1[C@@H]1CN([C@H]2CCOc3cccnc32)CCN1C1CC2(CCN(c3ccc(C(=O)NS(=O)(=O)c4cc5c(c([N+](=O)[O-])c4)N[C@H](C4CCOCC4)CO5)c(N4c5cc6cc[nH]c6nc5O[C@H]5COCC[C@@H]54)c3)CC2)C1. The minimum Gasteiger partial charge on any atom is -0.492 e. The van der Waals surface area contributed by atoms with E-state index in [1.807, 2.05) is 48.8 Å². The van der Waals surface area contributed by atoms with E-state index in [0.29, 0.717) is 61.8 Å². The highest BCUT2D eigenvalue weighted by Crippen LogP contribution is 2.55. The maximum atomic E-state index is 15.0. The molecule has 7 aliphatic heterocycles. The van der Waals surface area contributed by atoms with Crippen molar-refractivity contribution in [1.29, 1.82) is 0 Å². The van der Waals surface area contributed by atoms with Crippen molar-refractivity contribution in [3.05, 3.63) is 118 Å². The summed E-state index contributed by atoms with van der Waals surface area (Å²) in [6, 6.07) is 24.4. The van der Waals surface area contributed by atoms with Gasteiger partial charge in [-0.15, -0.1) is 0 Å². The Morgan fingerprint density at radius 1 is 0.867 bits per heavy atom. The van der Waals surface area contributed by atoms with Crippen LogP contribution in [-0.2, 0) is 19.5 Å². The Morgan fingerprint density at radius 3 is 2.53 bits per heavy atom. The van der Waals surface area contributed by atoms with Crippen molar-refractivity contribution in [2.24, 2.45) is 11.3 Å². The molecule has 1 spiro atoms. The molecule has 0 radical (unpaired) electrons. The van der Waals surface area contributed by atoms with E-state index in [2.05, 4.69) is 72.7 Å². The summed E-state index contributed by atoms with van der Waals surface area (Å²) in [5.74, 6) is 1.46. The third-order valence-electron chi connectivity index (χ3n) is 18.8. The van der Waals surface area contributed by atoms with Crippen molar-refractivity contribution in [3.63, 3.8) is 0 Å². The van der Waals surface area contributed by atoms with Gasteiger partial charge in [0.05, 0.1) is 70.2 Å². The number of rotatable bonds is 12. The highest BCUT2D eigenvalue weighted by Gasteiger charge is 2.51. The highest BCUT2D eigenvalue weighted by molar-refractivity contribution is 7.90. The molecule has 1 saturated carbocycles. The van der Waals surface area contributed by atoms with Gasteiger partial charge in [-0.05, 0) is 119 Å². The molecule has 3 aromatic heterocycles. The predicted molar refractivity (Wildman–Crippen MR) is 310 cm³/mol. The van der Waals surface area contributed by atoms with Crippen molar-refractivity contribution in [3.8, 4) is 23.1 Å². The van der Waals surface area contributed by atoms with E-state index >= 15 is 0 Å². The van der Waals surface area contributed by atoms with Gasteiger partial charge in [0.1, 0.15) is 35.5 Å². The Balaban J connectivity index is 0.740. The molecule has 8 aliphatic rings. The Kier molecular flexibility index (Phi) is 14.1. The third kappa shape index (κ3) is 10.1. The number of sulfonamides is 1. The molecule has 3 aromatic carbocycles. The van der Waals surface area contributed by atoms with Crippen molar-refractivity contribution in [2.75, 3.05) is 87.5 Å². The number of piperidine rings is 1. The number of para-hydroxylation sites is 1. The van der Waals surface area contributed by atoms with Gasteiger partial charge in [-0.25, -0.2) is 13.1 Å². The highest BCUT2D eigenvalue weighted by atomic mass is 32.2. The number of hydrogen-bond donors (Lipinski definition) is 3. The minimum atomic E-state index is -4.72. The lowest BCUT2D eigenvalue weighted by atomic mass is 9.59. The molecule has 4 saturated heterocycles. The number of ether oxygens (including phenoxy) is 6. The largest absolute Gasteiger partial charge is 0.492 e. The fourth-order valence-corrected chi connectivity index (χ4v) is 15.5. The van der Waals surface area contributed by atoms with Crippen LogP contribution >= 0.6 is 0 Å². The molecule has 83 heavy (non-hydrogen) atoms. The number of carbonyl (C=O) groups is 1. The third-order valence-corrected chi connectivity index (χ3v) is 20.1. The molecular formula is C61H70N10O11S. The molecule has 22 heteroatoms. The fourth-order valence-electron chi connectivity index (χ4n) is 14.5. The molecule has 0 bridgehead atoms. The standard InChI is InChI=1S/C61H70N10O11S/c1-37(2)81-52-7-4-3-6-43(52)51-34-68(47-15-27-79-53-8-5-18-62-56(47)53)22-23-69(51)41-32-61(33-41)16-20-67(21-17-61)40-9-10-44(48(29-40)70-46-14-26-78-36-55(46)82-60-50(70)28-39-11-19-63-58(39)65-60)59(72)66-83(75,76)42-30-49(71(73)74)57-54(31-42)80-35-45(64-57)38-12-24-77-25-13-38/h3-11,18-19,28-31,37-38,41,45-47,51,55,64H,12-17,20-27,32-36H2,1-2H3,(H,63,65)(H,66,72)/t45-,46-,47-,51-,55-/m0/s1. The number of piperazine rings is 1. The number of hydrogen-bond acceptors (Lipinski definition) is 18. The molecule has 14 rings (SSSR count). The maximum Gasteiger partial charge on any atom is 0.297 e. The van der Waals surface area contributed by atoms with E-state index in [0.717, 1.165) is 112 Å². The van der Waals surface area contributed by atoms with Crippen LogP contribution in [0.15, 0.2) is 96.2 Å². The maximum absolute atomic E-state index is 15.0. The van der Waals surface area contributed by atoms with Gasteiger partial charge < -0.3 is 48.5 Å². The number of aromatic nitrogens is 3. The molecule has 5 atom stereocenters. The average molecular weight is 1150 g/mol. The topological polar surface area (TPSA) is 228 Å². The van der Waals surface area contributed by atoms with Gasteiger partial charge in [-0.3, -0.25) is 29.7 Å². The van der Waals surface area contributed by atoms with Crippen LogP contribution in [0.3, 0.4) is 0 Å². The summed E-state index contributed by atoms with van der Waals surface area (Å²) < 4.78 is 68.0. The fraction of sp³-hybridized carbons (Fsp3) is 0.492. The molecule has 21 nitrogen and oxygen atoms in total. The molecule has 3 N–H and O–H groups in total. The van der Waals surface area contributed by atoms with Crippen LogP contribution in [0.2, 0.25) is 0 Å². The number of nitro groups is 1. The van der Waals surface area contributed by atoms with Crippen LogP contribution in [0.4, 0.5) is 28.4 Å². The minimum absolute atomic E-state index is 0.0241. The van der Waals surface area contributed by atoms with E-state index in [1.54, 1.807) is 6.07 Å². The number of pyridine rings is 2. The zero-order valence-electron chi connectivity index (χ0n) is 46.7. The number of fused-ring (bicyclic) bond motifs is 5. The van der Waals surface area contributed by atoms with Gasteiger partial charge in [-0.2, -0.15) is 4.98 Å². The van der Waals surface area contributed by atoms with Crippen molar-refractivity contribution >= 4 is 55.4 Å². The molecule has 1 aliphatic carbocycles. The lowest BCUT2D eigenvalue weighted by Crippen LogP contribution is -2.60. The van der Waals surface area contributed by atoms with Crippen LogP contribution in [0.5, 0.6) is 23.1 Å². The first-order valence-electron chi connectivity index (χ1n) is 29.5. The molecule has 5 fully saturated rings. The molecule has 436 valence electrons. The second kappa shape index (κ2) is 21.7. The second-order valence-electron chi connectivity index (χ2n) is 23.9. The number of aromatic amines is 1. The first-order valence-corrected chi connectivity index (χ1v) is 30.9. The smallest absolute Gasteiger partial charge is 0.297 e. The van der Waals surface area contributed by atoms with Crippen molar-refractivity contribution in [2.45, 2.75) is 113 Å². The average Bonchev–Trinajstić information content (AvgIpc) is 4.15. The summed E-state index contributed by atoms with van der Waals surface area (Å²) in [7, 11) is -4.72. The van der Waals surface area contributed by atoms with Crippen molar-refractivity contribution < 1.29 is 46.6 Å². The van der Waals surface area contributed by atoms with Crippen LogP contribution in [0, 0.1) is 21.4 Å². The number of H-pyrrole nitrogens is 1. The van der Waals surface area contributed by atoms with E-state index in [-0.39, 0.29) is 71.8 Å². The number of amides is 1. The van der Waals surface area contributed by atoms with Gasteiger partial charge in [0.2, 0.25) is 5.88 Å². The summed E-state index contributed by atoms with van der Waals surface area (Å²) in [5.41, 5.74) is 4.79. The Hall–Kier alpha value is -7.24. The first kappa shape index (κ1) is 53.7. The van der Waals surface area contributed by atoms with Crippen LogP contribution < -0.4 is 38.8 Å². The first-order chi connectivity index (χ1) is 40.3. The number of carbonyl (C=O) groups excluding carboxylic acids is 1. The second-order valence-corrected chi connectivity index (χ2v) is 25.6. The van der Waals surface area contributed by atoms with Crippen molar-refractivity contribution in [1.82, 2.24) is 29.5 Å². The van der Waals surface area contributed by atoms with Crippen LogP contribution in [0.25, 0.3) is 11.0 Å². The molecule has 6 aromatic rings. The Labute approximate surface area is 482 Å². The van der Waals surface area contributed by atoms with Gasteiger partial charge in [0.25, 0.3) is 21.6 Å². The van der Waals surface area contributed by atoms with E-state index < -0.39 is 37.5 Å². The normalized spacial score (nSPS) is 24.7. The number of nitrogens with one attached hydrogen (secondary N) is 3. The molecule has 10 heterocycles. The number of nitro benzene ring substituents is 1. The Morgan fingerprint density at radius 2 is 1.70 bits per heavy atom. The summed E-state index contributed by atoms with van der Waals surface area (Å²) in [6.07, 6.45) is 10.4. The van der Waals surface area contributed by atoms with E-state index in [1.165, 1.54) is 11.6 Å². The van der Waals surface area contributed by atoms with Gasteiger partial charge >= 0.3 is 0 Å². The van der Waals surface area contributed by atoms with Crippen LogP contribution in [-0.4, -0.2) is 147 Å². The predicted octanol–water partition coefficient (Wildman–Crippen LogP) is 8.69. The van der Waals surface area contributed by atoms with E-state index in [4.69, 9.17) is 38.4 Å². The lowest BCUT2D eigenvalue weighted by molar-refractivity contribution is -0.384. The summed E-state index contributed by atoms with van der Waals surface area (Å²) >= 11 is 0. The zero-order valence-corrected chi connectivity index (χ0v) is 47.6. The van der Waals surface area contributed by atoms with Crippen LogP contribution in [0.1, 0.15) is 98.9 Å². The summed E-state index contributed by atoms with van der Waals surface area (Å²) in [5, 5.41) is 16.7. The van der Waals surface area contributed by atoms with E-state index in [9.17, 15) is 23.3 Å². The molecular weight excluding hydrogens is 1080 g/mol. The monoisotopic (exact) mass is 1150 g/mol. The Bertz CT molecular complexity index is 3560. The quantitative estimate of drug-likeness (QED) is 0.0769.